The SMILES string of the molecule is COc1ccc(CC2=CC3COCC(C2)N3C(=O)OCc2ccccc2)cc1F. The standard InChI is InChI=1S/C23H24FNO4/c1-27-22-8-7-17(12-21(22)24)9-18-10-19-14-28-15-20(11-18)25(19)23(26)29-13-16-5-3-2-4-6-16/h2-8,10,12,19-20H,9,11,13-15H2,1H3. The lowest BCUT2D eigenvalue weighted by Gasteiger charge is -2.43. The number of hydrogen-bond donors (Lipinski definition) is 0. The monoisotopic (exact) mass is 397 g/mol. The van der Waals surface area contributed by atoms with Gasteiger partial charge in [0.25, 0.3) is 0 Å². The third-order valence-electron chi connectivity index (χ3n) is 5.34. The Labute approximate surface area is 169 Å². The Morgan fingerprint density at radius 1 is 1.17 bits per heavy atom. The van der Waals surface area contributed by atoms with Crippen molar-refractivity contribution in [2.24, 2.45) is 0 Å². The summed E-state index contributed by atoms with van der Waals surface area (Å²) in [6.07, 6.45) is 3.06. The van der Waals surface area contributed by atoms with Crippen molar-refractivity contribution in [3.63, 3.8) is 0 Å². The van der Waals surface area contributed by atoms with Crippen molar-refractivity contribution >= 4 is 6.09 Å². The van der Waals surface area contributed by atoms with Gasteiger partial charge in [0.1, 0.15) is 6.61 Å². The molecular weight excluding hydrogens is 373 g/mol. The molecule has 0 spiro atoms. The van der Waals surface area contributed by atoms with Crippen molar-refractivity contribution in [3.05, 3.63) is 77.1 Å². The summed E-state index contributed by atoms with van der Waals surface area (Å²) in [6.45, 7) is 1.17. The number of hydrogen-bond acceptors (Lipinski definition) is 4. The van der Waals surface area contributed by atoms with Gasteiger partial charge in [0, 0.05) is 0 Å². The van der Waals surface area contributed by atoms with Crippen molar-refractivity contribution in [2.45, 2.75) is 31.5 Å². The molecule has 4 rings (SSSR count). The van der Waals surface area contributed by atoms with Crippen molar-refractivity contribution < 1.29 is 23.4 Å². The van der Waals surface area contributed by atoms with Crippen LogP contribution in [0.15, 0.2) is 60.2 Å². The summed E-state index contributed by atoms with van der Waals surface area (Å²) in [5, 5.41) is 0. The van der Waals surface area contributed by atoms with Gasteiger partial charge in [-0.2, -0.15) is 0 Å². The molecule has 2 heterocycles. The molecule has 29 heavy (non-hydrogen) atoms. The van der Waals surface area contributed by atoms with Crippen LogP contribution < -0.4 is 4.74 Å². The zero-order valence-electron chi connectivity index (χ0n) is 16.3. The van der Waals surface area contributed by atoms with Crippen molar-refractivity contribution in [1.82, 2.24) is 4.90 Å². The van der Waals surface area contributed by atoms with E-state index in [9.17, 15) is 9.18 Å². The average Bonchev–Trinajstić information content (AvgIpc) is 2.72. The number of carbonyl (C=O) groups is 1. The predicted molar refractivity (Wildman–Crippen MR) is 106 cm³/mol. The molecule has 2 bridgehead atoms. The molecule has 2 aliphatic rings. The first-order valence-corrected chi connectivity index (χ1v) is 9.73. The van der Waals surface area contributed by atoms with Crippen LogP contribution in [0.3, 0.4) is 0 Å². The minimum atomic E-state index is -0.365. The number of rotatable bonds is 5. The van der Waals surface area contributed by atoms with Gasteiger partial charge in [0.2, 0.25) is 0 Å². The van der Waals surface area contributed by atoms with Crippen LogP contribution in [0.25, 0.3) is 0 Å². The highest BCUT2D eigenvalue weighted by Crippen LogP contribution is 2.30. The van der Waals surface area contributed by atoms with E-state index in [1.54, 1.807) is 11.0 Å². The Morgan fingerprint density at radius 2 is 2.00 bits per heavy atom. The lowest BCUT2D eigenvalue weighted by molar-refractivity contribution is -0.0374. The maximum Gasteiger partial charge on any atom is 0.411 e. The van der Waals surface area contributed by atoms with Gasteiger partial charge in [-0.1, -0.05) is 48.0 Å². The molecule has 152 valence electrons. The second-order valence-corrected chi connectivity index (χ2v) is 7.38. The van der Waals surface area contributed by atoms with E-state index in [2.05, 4.69) is 6.08 Å². The van der Waals surface area contributed by atoms with Crippen LogP contribution in [0.5, 0.6) is 5.75 Å². The third-order valence-corrected chi connectivity index (χ3v) is 5.34. The largest absolute Gasteiger partial charge is 0.494 e. The van der Waals surface area contributed by atoms with Gasteiger partial charge in [0.05, 0.1) is 32.4 Å². The van der Waals surface area contributed by atoms with Gasteiger partial charge in [-0.15, -0.1) is 0 Å². The van der Waals surface area contributed by atoms with Crippen LogP contribution in [-0.4, -0.2) is 43.4 Å². The highest BCUT2D eigenvalue weighted by Gasteiger charge is 2.38. The summed E-state index contributed by atoms with van der Waals surface area (Å²) < 4.78 is 30.2. The number of amides is 1. The van der Waals surface area contributed by atoms with E-state index in [0.717, 1.165) is 11.1 Å². The molecule has 2 aliphatic heterocycles. The van der Waals surface area contributed by atoms with Crippen LogP contribution in [-0.2, 0) is 22.5 Å². The Bertz CT molecular complexity index is 899. The molecule has 2 aromatic rings. The second-order valence-electron chi connectivity index (χ2n) is 7.38. The Hall–Kier alpha value is -2.86. The number of nitrogens with zero attached hydrogens (tertiary/aromatic N) is 1. The highest BCUT2D eigenvalue weighted by molar-refractivity contribution is 5.69. The summed E-state index contributed by atoms with van der Waals surface area (Å²) in [5.41, 5.74) is 3.02. The first-order valence-electron chi connectivity index (χ1n) is 9.73. The first kappa shape index (κ1) is 19.5. The molecule has 0 aliphatic carbocycles. The number of morpholine rings is 1. The number of carbonyl (C=O) groups excluding carboxylic acids is 1. The molecule has 0 N–H and O–H groups in total. The fraction of sp³-hybridized carbons (Fsp3) is 0.348. The molecule has 1 saturated heterocycles. The molecule has 1 amide bonds. The third kappa shape index (κ3) is 4.43. The molecular formula is C23H24FNO4. The summed E-state index contributed by atoms with van der Waals surface area (Å²) in [4.78, 5) is 14.5. The zero-order valence-corrected chi connectivity index (χ0v) is 16.3. The van der Waals surface area contributed by atoms with E-state index in [-0.39, 0.29) is 36.4 Å². The van der Waals surface area contributed by atoms with Gasteiger partial charge in [0.15, 0.2) is 11.6 Å². The summed E-state index contributed by atoms with van der Waals surface area (Å²) >= 11 is 0. The molecule has 2 unspecified atom stereocenters. The average molecular weight is 397 g/mol. The molecule has 0 saturated carbocycles. The van der Waals surface area contributed by atoms with E-state index in [1.165, 1.54) is 18.7 Å². The van der Waals surface area contributed by atoms with Gasteiger partial charge >= 0.3 is 6.09 Å². The maximum atomic E-state index is 14.0. The topological polar surface area (TPSA) is 48.0 Å². The fourth-order valence-corrected chi connectivity index (χ4v) is 3.98. The number of fused-ring (bicyclic) bond motifs is 2. The minimum absolute atomic E-state index is 0.0693. The lowest BCUT2D eigenvalue weighted by Crippen LogP contribution is -2.56. The van der Waals surface area contributed by atoms with Crippen molar-refractivity contribution in [3.8, 4) is 5.75 Å². The Morgan fingerprint density at radius 3 is 2.72 bits per heavy atom. The van der Waals surface area contributed by atoms with Gasteiger partial charge in [-0.3, -0.25) is 4.90 Å². The Balaban J connectivity index is 1.44. The fourth-order valence-electron chi connectivity index (χ4n) is 3.98. The quantitative estimate of drug-likeness (QED) is 0.713. The molecule has 1 fully saturated rings. The van der Waals surface area contributed by atoms with Crippen molar-refractivity contribution in [2.75, 3.05) is 20.3 Å². The van der Waals surface area contributed by atoms with Gasteiger partial charge in [-0.25, -0.2) is 9.18 Å². The lowest BCUT2D eigenvalue weighted by atomic mass is 9.90. The number of benzene rings is 2. The summed E-state index contributed by atoms with van der Waals surface area (Å²) in [7, 11) is 1.45. The number of methoxy groups -OCH3 is 1. The summed E-state index contributed by atoms with van der Waals surface area (Å²) in [5.74, 6) is -0.125. The minimum Gasteiger partial charge on any atom is -0.494 e. The molecule has 5 nitrogen and oxygen atoms in total. The normalized spacial score (nSPS) is 20.8. The molecule has 0 radical (unpaired) electrons. The maximum absolute atomic E-state index is 14.0. The van der Waals surface area contributed by atoms with Crippen LogP contribution in [0, 0.1) is 5.82 Å². The molecule has 6 heteroatoms. The Kier molecular flexibility index (Phi) is 5.81. The second kappa shape index (κ2) is 8.66. The van der Waals surface area contributed by atoms with Crippen LogP contribution in [0.4, 0.5) is 9.18 Å². The van der Waals surface area contributed by atoms with Gasteiger partial charge < -0.3 is 14.2 Å². The van der Waals surface area contributed by atoms with E-state index in [0.29, 0.717) is 26.1 Å². The van der Waals surface area contributed by atoms with Crippen molar-refractivity contribution in [1.29, 1.82) is 0 Å². The van der Waals surface area contributed by atoms with E-state index in [1.807, 2.05) is 36.4 Å². The number of ether oxygens (including phenoxy) is 3. The smallest absolute Gasteiger partial charge is 0.411 e. The van der Waals surface area contributed by atoms with Crippen LogP contribution in [0.1, 0.15) is 17.5 Å². The van der Waals surface area contributed by atoms with Crippen LogP contribution >= 0.6 is 0 Å². The predicted octanol–water partition coefficient (Wildman–Crippen LogP) is 4.11. The molecule has 2 atom stereocenters. The van der Waals surface area contributed by atoms with E-state index in [4.69, 9.17) is 14.2 Å². The molecule has 0 aromatic heterocycles. The van der Waals surface area contributed by atoms with E-state index < -0.39 is 0 Å². The van der Waals surface area contributed by atoms with E-state index >= 15 is 0 Å². The zero-order chi connectivity index (χ0) is 20.2. The summed E-state index contributed by atoms with van der Waals surface area (Å²) in [6, 6.07) is 14.4. The van der Waals surface area contributed by atoms with Gasteiger partial charge in [-0.05, 0) is 36.1 Å². The highest BCUT2D eigenvalue weighted by atomic mass is 19.1. The van der Waals surface area contributed by atoms with Crippen LogP contribution in [0.2, 0.25) is 0 Å². The number of halogens is 1. The molecule has 2 aromatic carbocycles. The first-order chi connectivity index (χ1) is 14.1.